The van der Waals surface area contributed by atoms with Gasteiger partial charge < -0.3 is 55.4 Å². The van der Waals surface area contributed by atoms with E-state index in [4.69, 9.17) is 10.2 Å². The van der Waals surface area contributed by atoms with Gasteiger partial charge in [0.1, 0.15) is 20.0 Å². The zero-order chi connectivity index (χ0) is 12.5. The van der Waals surface area contributed by atoms with Crippen LogP contribution in [0.4, 0.5) is 0 Å². The molecule has 0 amide bonds. The molecule has 0 aromatic rings. The van der Waals surface area contributed by atoms with E-state index in [9.17, 15) is 24.3 Å². The van der Waals surface area contributed by atoms with E-state index in [1.54, 1.807) is 0 Å². The second-order valence-corrected chi connectivity index (χ2v) is 3.88. The average molecular weight is 376 g/mol. The maximum atomic E-state index is 11.2. The fraction of sp³-hybridized carbons (Fsp3) is 0.500. The summed E-state index contributed by atoms with van der Waals surface area (Å²) in [5, 5.41) is 28.7. The first-order valence-corrected chi connectivity index (χ1v) is 5.35. The number of aliphatic hydroxyl groups excluding tert-OH is 2. The zero-order valence-electron chi connectivity index (χ0n) is 12.1. The molecule has 0 aromatic heterocycles. The molecule has 1 rings (SSSR count). The van der Waals surface area contributed by atoms with Crippen molar-refractivity contribution in [2.75, 3.05) is 6.61 Å². The molecule has 0 aliphatic carbocycles. The van der Waals surface area contributed by atoms with Gasteiger partial charge in [-0.2, -0.15) is 0 Å². The number of phosphoric acid groups is 1. The molecular formula is C6H12Na3O12P. The van der Waals surface area contributed by atoms with Crippen molar-refractivity contribution in [3.05, 3.63) is 11.5 Å². The molecule has 1 heterocycles. The molecule has 16 heteroatoms. The molecule has 0 saturated heterocycles. The number of phosphoric ester groups is 1. The molecule has 22 heavy (non-hydrogen) atoms. The van der Waals surface area contributed by atoms with Crippen LogP contribution in [0.25, 0.3) is 0 Å². The molecular weight excluding hydrogens is 364 g/mol. The number of ether oxygens (including phenoxy) is 1. The molecule has 0 radical (unpaired) electrons. The molecule has 0 saturated carbocycles. The summed E-state index contributed by atoms with van der Waals surface area (Å²) in [6.07, 6.45) is -3.48. The average Bonchev–Trinajstić information content (AvgIpc) is 2.42. The molecule has 1 aliphatic rings. The van der Waals surface area contributed by atoms with Gasteiger partial charge in [-0.05, 0) is 5.76 Å². The van der Waals surface area contributed by atoms with Crippen molar-refractivity contribution in [3.63, 3.8) is 0 Å². The number of hydrogen-bond donors (Lipinski definition) is 2. The number of esters is 1. The first-order chi connectivity index (χ1) is 7.26. The van der Waals surface area contributed by atoms with Gasteiger partial charge in [0, 0.05) is 0 Å². The third kappa shape index (κ3) is 11.3. The van der Waals surface area contributed by atoms with Crippen molar-refractivity contribution in [1.82, 2.24) is 0 Å². The fourth-order valence-electron chi connectivity index (χ4n) is 0.995. The Morgan fingerprint density at radius 1 is 1.23 bits per heavy atom. The van der Waals surface area contributed by atoms with Crippen molar-refractivity contribution < 1.29 is 149 Å². The van der Waals surface area contributed by atoms with Crippen LogP contribution in [-0.4, -0.2) is 51.4 Å². The number of aliphatic hydroxyl groups is 2. The molecule has 12 nitrogen and oxygen atoms in total. The van der Waals surface area contributed by atoms with Gasteiger partial charge in [0.2, 0.25) is 5.76 Å². The van der Waals surface area contributed by atoms with Crippen molar-refractivity contribution in [1.29, 1.82) is 0 Å². The van der Waals surface area contributed by atoms with Crippen molar-refractivity contribution in [2.24, 2.45) is 0 Å². The Hall–Kier alpha value is 1.76. The standard InChI is InChI=1S/C6H9O9P.3Na.3H2O/c7-1-2(8)4-3(9)5(6(10)14-4)15-16(11,12)13;;;;;;/h2,4,7-9H,1H2,(H2,11,12,13);;;;3*1H2/q;3*+1;;;/p-3/t2-,4+;;;;;;/m0....../s1. The molecule has 0 spiro atoms. The van der Waals surface area contributed by atoms with Gasteiger partial charge in [-0.25, -0.2) is 4.79 Å². The Morgan fingerprint density at radius 2 is 1.64 bits per heavy atom. The van der Waals surface area contributed by atoms with Crippen LogP contribution in [0.3, 0.4) is 0 Å². The normalized spacial score (nSPS) is 16.9. The van der Waals surface area contributed by atoms with Crippen LogP contribution >= 0.6 is 7.82 Å². The molecule has 1 aliphatic heterocycles. The van der Waals surface area contributed by atoms with Crippen LogP contribution in [-0.2, 0) is 18.6 Å². The Balaban J connectivity index is -0.000000107. The Labute approximate surface area is 190 Å². The van der Waals surface area contributed by atoms with Crippen LogP contribution in [0.15, 0.2) is 11.5 Å². The van der Waals surface area contributed by atoms with E-state index in [0.717, 1.165) is 0 Å². The molecule has 0 unspecified atom stereocenters. The Morgan fingerprint density at radius 3 is 1.95 bits per heavy atom. The molecule has 8 N–H and O–H groups in total. The fourth-order valence-corrected chi connectivity index (χ4v) is 1.38. The quantitative estimate of drug-likeness (QED) is 0.268. The first-order valence-electron chi connectivity index (χ1n) is 3.89. The van der Waals surface area contributed by atoms with E-state index in [1.807, 2.05) is 0 Å². The van der Waals surface area contributed by atoms with Crippen LogP contribution < -0.4 is 104 Å². The third-order valence-electron chi connectivity index (χ3n) is 1.64. The molecule has 0 bridgehead atoms. The van der Waals surface area contributed by atoms with E-state index in [2.05, 4.69) is 9.26 Å². The van der Waals surface area contributed by atoms with Gasteiger partial charge in [0.05, 0.1) is 6.61 Å². The van der Waals surface area contributed by atoms with Gasteiger partial charge in [0.25, 0.3) is 0 Å². The van der Waals surface area contributed by atoms with E-state index >= 15 is 0 Å². The molecule has 0 fully saturated rings. The summed E-state index contributed by atoms with van der Waals surface area (Å²) < 4.78 is 18.0. The minimum absolute atomic E-state index is 0. The van der Waals surface area contributed by atoms with Gasteiger partial charge in [0.15, 0.2) is 0 Å². The van der Waals surface area contributed by atoms with Crippen LogP contribution in [0.2, 0.25) is 0 Å². The second kappa shape index (κ2) is 16.2. The van der Waals surface area contributed by atoms with E-state index in [-0.39, 0.29) is 105 Å². The van der Waals surface area contributed by atoms with Gasteiger partial charge in [-0.3, -0.25) is 0 Å². The van der Waals surface area contributed by atoms with Gasteiger partial charge >= 0.3 is 94.6 Å². The van der Waals surface area contributed by atoms with Crippen LogP contribution in [0.1, 0.15) is 0 Å². The smallest absolute Gasteiger partial charge is 0.870 e. The van der Waals surface area contributed by atoms with Gasteiger partial charge in [-0.1, -0.05) is 0 Å². The topological polar surface area (TPSA) is 257 Å². The number of hydrogen-bond acceptors (Lipinski definition) is 9. The largest absolute Gasteiger partial charge is 1.00 e. The monoisotopic (exact) mass is 376 g/mol. The predicted molar refractivity (Wildman–Crippen MR) is 49.5 cm³/mol. The van der Waals surface area contributed by atoms with Crippen molar-refractivity contribution >= 4 is 13.8 Å². The van der Waals surface area contributed by atoms with Crippen molar-refractivity contribution in [3.8, 4) is 0 Å². The van der Waals surface area contributed by atoms with Gasteiger partial charge in [-0.15, -0.1) is 0 Å². The Kier molecular flexibility index (Phi) is 28.8. The summed E-state index contributed by atoms with van der Waals surface area (Å²) in [5.74, 6) is -4.10. The maximum absolute atomic E-state index is 11.2. The summed E-state index contributed by atoms with van der Waals surface area (Å²) in [5.41, 5.74) is 0. The number of rotatable bonds is 4. The molecule has 0 aromatic carbocycles. The summed E-state index contributed by atoms with van der Waals surface area (Å²) in [6, 6.07) is 0. The summed E-state index contributed by atoms with van der Waals surface area (Å²) >= 11 is 0. The van der Waals surface area contributed by atoms with Crippen LogP contribution in [0, 0.1) is 0 Å². The number of carbonyl (C=O) groups excluding carboxylic acids is 1. The Bertz CT molecular complexity index is 383. The predicted octanol–water partition coefficient (Wildman–Crippen LogP) is -15.8. The third-order valence-corrected chi connectivity index (χ3v) is 2.05. The van der Waals surface area contributed by atoms with Crippen LogP contribution in [0.5, 0.6) is 0 Å². The number of carbonyl (C=O) groups is 1. The number of cyclic esters (lactones) is 1. The molecule has 116 valence electrons. The van der Waals surface area contributed by atoms with E-state index in [1.165, 1.54) is 0 Å². The summed E-state index contributed by atoms with van der Waals surface area (Å²) in [7, 11) is -5.56. The minimum atomic E-state index is -5.56. The second-order valence-electron chi connectivity index (χ2n) is 2.81. The maximum Gasteiger partial charge on any atom is 1.00 e. The van der Waals surface area contributed by atoms with E-state index in [0.29, 0.717) is 0 Å². The summed E-state index contributed by atoms with van der Waals surface area (Å²) in [6.45, 7) is -0.886. The van der Waals surface area contributed by atoms with E-state index < -0.39 is 44.1 Å². The first kappa shape index (κ1) is 39.0. The van der Waals surface area contributed by atoms with Crippen molar-refractivity contribution in [2.45, 2.75) is 12.2 Å². The zero-order valence-corrected chi connectivity index (χ0v) is 19.0. The minimum Gasteiger partial charge on any atom is -0.870 e. The summed E-state index contributed by atoms with van der Waals surface area (Å²) in [4.78, 5) is 31.3. The SMILES string of the molecule is O.O.O.O=C1O[C@H]([C@@H](O)CO)C([O-])=C1OP(=O)([O-])[O-].[Na+].[Na+].[Na+]. The molecule has 2 atom stereocenters.